The number of fused-ring (bicyclic) bond motifs is 8. The molecule has 0 saturated carbocycles. The van der Waals surface area contributed by atoms with Gasteiger partial charge < -0.3 is 4.57 Å². The molecule has 57 heavy (non-hydrogen) atoms. The molecule has 3 heterocycles. The Morgan fingerprint density at radius 2 is 1.09 bits per heavy atom. The third kappa shape index (κ3) is 5.11. The van der Waals surface area contributed by atoms with Crippen LogP contribution in [0.15, 0.2) is 152 Å². The molecule has 0 aliphatic heterocycles. The summed E-state index contributed by atoms with van der Waals surface area (Å²) in [7, 11) is 0. The third-order valence-electron chi connectivity index (χ3n) is 13.1. The molecule has 1 atom stereocenters. The first-order chi connectivity index (χ1) is 27.7. The molecule has 0 N–H and O–H groups in total. The molecular weight excluding hydrogens is 695 g/mol. The largest absolute Gasteiger partial charge is 0.309 e. The molecule has 3 aromatic heterocycles. The lowest BCUT2D eigenvalue weighted by atomic mass is 9.58. The second-order valence-corrected chi connectivity index (χ2v) is 17.2. The summed E-state index contributed by atoms with van der Waals surface area (Å²) in [5, 5.41) is 7.12. The number of aromatic nitrogens is 5. The van der Waals surface area contributed by atoms with Crippen molar-refractivity contribution in [3.8, 4) is 34.4 Å². The zero-order valence-electron chi connectivity index (χ0n) is 33.0. The normalized spacial score (nSPS) is 16.2. The van der Waals surface area contributed by atoms with Gasteiger partial charge in [-0.2, -0.15) is 9.97 Å². The molecule has 1 aliphatic carbocycles. The third-order valence-corrected chi connectivity index (χ3v) is 13.1. The molecule has 0 radical (unpaired) electrons. The van der Waals surface area contributed by atoms with Gasteiger partial charge in [-0.05, 0) is 87.5 Å². The van der Waals surface area contributed by atoms with Crippen molar-refractivity contribution in [2.75, 3.05) is 0 Å². The molecule has 1 unspecified atom stereocenters. The summed E-state index contributed by atoms with van der Waals surface area (Å²) >= 11 is 0. The van der Waals surface area contributed by atoms with Crippen molar-refractivity contribution < 1.29 is 0 Å². The van der Waals surface area contributed by atoms with Crippen LogP contribution in [-0.4, -0.2) is 24.1 Å². The summed E-state index contributed by atoms with van der Waals surface area (Å²) in [6.07, 6.45) is 1.18. The fourth-order valence-electron chi connectivity index (χ4n) is 9.75. The van der Waals surface area contributed by atoms with E-state index in [1.807, 2.05) is 18.2 Å². The molecule has 0 fully saturated rings. The minimum absolute atomic E-state index is 0.0528. The van der Waals surface area contributed by atoms with Gasteiger partial charge in [0.2, 0.25) is 5.95 Å². The SMILES string of the molecule is CC1CC(C)(C)c2ccc(-n3c4ccccc4c4cc5c6ccccc6n(-c6nc(-c7ccccc7)nc(-c7ccc8ccccc8c7)n6)c5cc43)cc2C1(C)C. The topological polar surface area (TPSA) is 48.5 Å². The van der Waals surface area contributed by atoms with E-state index in [2.05, 4.69) is 177 Å². The number of hydrogen-bond acceptors (Lipinski definition) is 3. The van der Waals surface area contributed by atoms with Gasteiger partial charge in [0, 0.05) is 38.4 Å². The summed E-state index contributed by atoms with van der Waals surface area (Å²) in [4.78, 5) is 15.7. The maximum atomic E-state index is 5.30. The maximum Gasteiger partial charge on any atom is 0.238 e. The van der Waals surface area contributed by atoms with Crippen molar-refractivity contribution in [1.29, 1.82) is 0 Å². The Bertz CT molecular complexity index is 3240. The predicted octanol–water partition coefficient (Wildman–Crippen LogP) is 13.1. The van der Waals surface area contributed by atoms with E-state index in [4.69, 9.17) is 15.0 Å². The maximum absolute atomic E-state index is 5.30. The predicted molar refractivity (Wildman–Crippen MR) is 237 cm³/mol. The van der Waals surface area contributed by atoms with Crippen LogP contribution in [0.3, 0.4) is 0 Å². The lowest BCUT2D eigenvalue weighted by Gasteiger charge is -2.46. The lowest BCUT2D eigenvalue weighted by Crippen LogP contribution is -2.40. The monoisotopic (exact) mass is 737 g/mol. The van der Waals surface area contributed by atoms with Crippen LogP contribution in [0.2, 0.25) is 0 Å². The van der Waals surface area contributed by atoms with E-state index < -0.39 is 0 Å². The van der Waals surface area contributed by atoms with E-state index in [9.17, 15) is 0 Å². The second-order valence-electron chi connectivity index (χ2n) is 17.2. The van der Waals surface area contributed by atoms with E-state index in [0.717, 1.165) is 43.8 Å². The van der Waals surface area contributed by atoms with Gasteiger partial charge in [-0.3, -0.25) is 4.57 Å². The smallest absolute Gasteiger partial charge is 0.238 e. The molecule has 0 bridgehead atoms. The van der Waals surface area contributed by atoms with Crippen molar-refractivity contribution >= 4 is 54.4 Å². The molecule has 7 aromatic carbocycles. The van der Waals surface area contributed by atoms with Crippen LogP contribution in [0.1, 0.15) is 52.2 Å². The zero-order valence-corrected chi connectivity index (χ0v) is 33.0. The molecule has 11 rings (SSSR count). The minimum atomic E-state index is 0.0528. The minimum Gasteiger partial charge on any atom is -0.309 e. The molecule has 10 aromatic rings. The standard InChI is InChI=1S/C52H43N5/c1-32-31-51(2,3)42-26-25-37(28-43(42)52(32,4)5)56-44-21-13-11-19-38(44)40-29-41-39-20-12-14-22-45(39)57(47(41)30-46(40)56)50-54-48(34-16-7-6-8-17-34)53-49(55-50)36-24-23-33-15-9-10-18-35(33)27-36/h6-30,32H,31H2,1-5H3. The lowest BCUT2D eigenvalue weighted by molar-refractivity contribution is 0.233. The van der Waals surface area contributed by atoms with Crippen molar-refractivity contribution in [3.63, 3.8) is 0 Å². The zero-order chi connectivity index (χ0) is 38.6. The van der Waals surface area contributed by atoms with E-state index >= 15 is 0 Å². The number of nitrogens with zero attached hydrogens (tertiary/aromatic N) is 5. The molecule has 0 amide bonds. The Kier molecular flexibility index (Phi) is 7.22. The van der Waals surface area contributed by atoms with Crippen LogP contribution in [0, 0.1) is 5.92 Å². The van der Waals surface area contributed by atoms with Gasteiger partial charge in [-0.25, -0.2) is 4.98 Å². The molecule has 0 saturated heterocycles. The van der Waals surface area contributed by atoms with Gasteiger partial charge >= 0.3 is 0 Å². The number of hydrogen-bond donors (Lipinski definition) is 0. The Balaban J connectivity index is 1.21. The summed E-state index contributed by atoms with van der Waals surface area (Å²) < 4.78 is 4.71. The van der Waals surface area contributed by atoms with Crippen LogP contribution >= 0.6 is 0 Å². The number of benzene rings is 7. The van der Waals surface area contributed by atoms with Crippen LogP contribution in [0.4, 0.5) is 0 Å². The number of para-hydroxylation sites is 2. The summed E-state index contributed by atoms with van der Waals surface area (Å²) in [5.41, 5.74) is 10.6. The van der Waals surface area contributed by atoms with Gasteiger partial charge in [0.25, 0.3) is 0 Å². The van der Waals surface area contributed by atoms with E-state index in [-0.39, 0.29) is 10.8 Å². The average molecular weight is 738 g/mol. The van der Waals surface area contributed by atoms with Crippen molar-refractivity contribution in [2.45, 2.75) is 51.9 Å². The molecule has 5 heteroatoms. The molecule has 276 valence electrons. The van der Waals surface area contributed by atoms with Gasteiger partial charge in [0.15, 0.2) is 11.6 Å². The van der Waals surface area contributed by atoms with Gasteiger partial charge in [-0.15, -0.1) is 0 Å². The molecule has 5 nitrogen and oxygen atoms in total. The fourth-order valence-corrected chi connectivity index (χ4v) is 9.75. The van der Waals surface area contributed by atoms with Crippen LogP contribution in [0.25, 0.3) is 88.8 Å². The Labute approximate surface area is 332 Å². The van der Waals surface area contributed by atoms with Gasteiger partial charge in [0.05, 0.1) is 22.1 Å². The first kappa shape index (κ1) is 33.7. The van der Waals surface area contributed by atoms with E-state index in [0.29, 0.717) is 23.5 Å². The fraction of sp³-hybridized carbons (Fsp3) is 0.173. The van der Waals surface area contributed by atoms with E-state index in [1.165, 1.54) is 44.9 Å². The van der Waals surface area contributed by atoms with Crippen LogP contribution in [-0.2, 0) is 10.8 Å². The Morgan fingerprint density at radius 1 is 0.474 bits per heavy atom. The molecule has 1 aliphatic rings. The Hall–Kier alpha value is -6.59. The summed E-state index contributed by atoms with van der Waals surface area (Å²) in [6, 6.07) is 54.5. The van der Waals surface area contributed by atoms with Gasteiger partial charge in [0.1, 0.15) is 0 Å². The highest BCUT2D eigenvalue weighted by molar-refractivity contribution is 6.19. The van der Waals surface area contributed by atoms with Crippen molar-refractivity contribution in [1.82, 2.24) is 24.1 Å². The van der Waals surface area contributed by atoms with Crippen LogP contribution in [0.5, 0.6) is 0 Å². The quantitative estimate of drug-likeness (QED) is 0.181. The first-order valence-electron chi connectivity index (χ1n) is 20.1. The Morgan fingerprint density at radius 3 is 1.82 bits per heavy atom. The summed E-state index contributed by atoms with van der Waals surface area (Å²) in [6.45, 7) is 12.1. The van der Waals surface area contributed by atoms with E-state index in [1.54, 1.807) is 0 Å². The highest BCUT2D eigenvalue weighted by Gasteiger charge is 2.42. The number of rotatable bonds is 4. The van der Waals surface area contributed by atoms with Gasteiger partial charge in [-0.1, -0.05) is 144 Å². The van der Waals surface area contributed by atoms with Crippen LogP contribution < -0.4 is 0 Å². The summed E-state index contributed by atoms with van der Waals surface area (Å²) in [5.74, 6) is 2.43. The van der Waals surface area contributed by atoms with Crippen molar-refractivity contribution in [2.24, 2.45) is 5.92 Å². The molecule has 0 spiro atoms. The highest BCUT2D eigenvalue weighted by Crippen LogP contribution is 2.50. The second kappa shape index (κ2) is 12.2. The highest BCUT2D eigenvalue weighted by atomic mass is 15.2. The first-order valence-corrected chi connectivity index (χ1v) is 20.1. The average Bonchev–Trinajstić information content (AvgIpc) is 3.74. The van der Waals surface area contributed by atoms with Crippen molar-refractivity contribution in [3.05, 3.63) is 163 Å². The molecular formula is C52H43N5.